The second kappa shape index (κ2) is 8.80. The summed E-state index contributed by atoms with van der Waals surface area (Å²) in [5.74, 6) is 0.653. The van der Waals surface area contributed by atoms with Crippen LogP contribution in [0.4, 0.5) is 25.2 Å². The zero-order valence-corrected chi connectivity index (χ0v) is 16.1. The van der Waals surface area contributed by atoms with E-state index in [0.29, 0.717) is 5.92 Å². The van der Waals surface area contributed by atoms with Crippen molar-refractivity contribution >= 4 is 7.81 Å². The molecule has 0 unspecified atom stereocenters. The van der Waals surface area contributed by atoms with E-state index in [9.17, 15) is 25.2 Å². The van der Waals surface area contributed by atoms with Gasteiger partial charge >= 0.3 is 52.5 Å². The van der Waals surface area contributed by atoms with Crippen LogP contribution in [0.1, 0.15) is 63.0 Å². The molecule has 1 radical (unpaired) electrons. The Hall–Kier alpha value is -0.147. The van der Waals surface area contributed by atoms with Crippen LogP contribution >= 0.6 is 7.81 Å². The predicted molar refractivity (Wildman–Crippen MR) is 81.9 cm³/mol. The van der Waals surface area contributed by atoms with Gasteiger partial charge in [0.1, 0.15) is 0 Å². The molecule has 0 amide bonds. The second-order valence-electron chi connectivity index (χ2n) is 5.79. The summed E-state index contributed by atoms with van der Waals surface area (Å²) in [6, 6.07) is 8.71. The summed E-state index contributed by atoms with van der Waals surface area (Å²) >= 11 is 0. The second-order valence-corrected chi connectivity index (χ2v) is 7.71. The number of benzene rings is 1. The molecule has 1 aromatic carbocycles. The summed E-state index contributed by atoms with van der Waals surface area (Å²) < 4.78 is 59.2. The Labute approximate surface area is 147 Å². The van der Waals surface area contributed by atoms with Gasteiger partial charge in [-0.2, -0.15) is 0 Å². The van der Waals surface area contributed by atoms with Crippen LogP contribution in [0.15, 0.2) is 24.3 Å². The van der Waals surface area contributed by atoms with Crippen LogP contribution in [0, 0.1) is 6.92 Å². The Morgan fingerprint density at radius 3 is 1.22 bits per heavy atom. The van der Waals surface area contributed by atoms with Crippen LogP contribution in [0.5, 0.6) is 0 Å². The van der Waals surface area contributed by atoms with Crippen molar-refractivity contribution in [2.45, 2.75) is 58.8 Å². The molecule has 1 aliphatic rings. The minimum Gasteiger partial charge on any atom is 1.00 e. The molecular weight excluding hydrogens is 426 g/mol. The topological polar surface area (TPSA) is 0 Å². The smallest absolute Gasteiger partial charge is 1.00 e. The molecule has 1 aliphatic carbocycles. The van der Waals surface area contributed by atoms with Gasteiger partial charge in [-0.05, 0) is 18.4 Å². The van der Waals surface area contributed by atoms with Gasteiger partial charge in [-0.3, -0.25) is 0 Å². The molecule has 23 heavy (non-hydrogen) atoms. The molecular formula is C15H24F6PRu. The first-order valence-electron chi connectivity index (χ1n) is 7.28. The van der Waals surface area contributed by atoms with E-state index in [4.69, 9.17) is 0 Å². The van der Waals surface area contributed by atoms with Crippen molar-refractivity contribution in [3.05, 3.63) is 35.4 Å². The van der Waals surface area contributed by atoms with Crippen molar-refractivity contribution in [1.29, 1.82) is 0 Å². The molecule has 0 N–H and O–H groups in total. The average molecular weight is 450 g/mol. The minimum atomic E-state index is -10.7. The van der Waals surface area contributed by atoms with Crippen molar-refractivity contribution in [3.63, 3.8) is 0 Å². The summed E-state index contributed by atoms with van der Waals surface area (Å²) in [5, 5.41) is 0. The summed E-state index contributed by atoms with van der Waals surface area (Å²) in [5.41, 5.74) is 2.76. The zero-order chi connectivity index (χ0) is 17.5. The maximum Gasteiger partial charge on any atom is 1.00 e. The van der Waals surface area contributed by atoms with E-state index in [2.05, 4.69) is 45.0 Å². The van der Waals surface area contributed by atoms with E-state index >= 15 is 0 Å². The summed E-state index contributed by atoms with van der Waals surface area (Å²) in [7, 11) is -10.7. The van der Waals surface area contributed by atoms with E-state index in [0.717, 1.165) is 0 Å². The standard InChI is InChI=1S/C10H14.C5H10.F6P.Ru/c1-8(2)10-6-4-9(3)5-7-10;1-2-4-5-3-1;1-7(2,3,4,5)6;/h4-8H,1-3H3;1-5H2;;/q;;-1;+1. The number of aryl methyl sites for hydroxylation is 1. The number of rotatable bonds is 1. The van der Waals surface area contributed by atoms with Gasteiger partial charge in [0.2, 0.25) is 0 Å². The molecule has 0 aliphatic heterocycles. The molecule has 2 rings (SSSR count). The molecule has 1 fully saturated rings. The summed E-state index contributed by atoms with van der Waals surface area (Å²) in [6.45, 7) is 6.54. The summed E-state index contributed by atoms with van der Waals surface area (Å²) in [4.78, 5) is 0. The van der Waals surface area contributed by atoms with Crippen molar-refractivity contribution in [2.75, 3.05) is 0 Å². The van der Waals surface area contributed by atoms with Gasteiger partial charge in [0.15, 0.2) is 0 Å². The Bertz CT molecular complexity index is 415. The van der Waals surface area contributed by atoms with Crippen LogP contribution in [-0.4, -0.2) is 0 Å². The quantitative estimate of drug-likeness (QED) is 0.229. The number of halogens is 6. The van der Waals surface area contributed by atoms with Gasteiger partial charge in [0.05, 0.1) is 0 Å². The van der Waals surface area contributed by atoms with E-state index in [1.807, 2.05) is 0 Å². The van der Waals surface area contributed by atoms with Gasteiger partial charge in [0, 0.05) is 0 Å². The fraction of sp³-hybridized carbons (Fsp3) is 0.600. The van der Waals surface area contributed by atoms with Gasteiger partial charge in [-0.15, -0.1) is 0 Å². The van der Waals surface area contributed by atoms with Crippen LogP contribution in [-0.2, 0) is 19.5 Å². The Morgan fingerprint density at radius 2 is 1.00 bits per heavy atom. The molecule has 139 valence electrons. The molecule has 0 saturated heterocycles. The van der Waals surface area contributed by atoms with Gasteiger partial charge in [0.25, 0.3) is 0 Å². The third-order valence-corrected chi connectivity index (χ3v) is 2.99. The van der Waals surface area contributed by atoms with Crippen molar-refractivity contribution < 1.29 is 44.7 Å². The molecule has 0 bridgehead atoms. The molecule has 0 aromatic heterocycles. The molecule has 0 atom stereocenters. The molecule has 0 nitrogen and oxygen atoms in total. The monoisotopic (exact) mass is 451 g/mol. The molecule has 1 aromatic rings. The summed E-state index contributed by atoms with van der Waals surface area (Å²) in [6.07, 6.45) is 7.50. The van der Waals surface area contributed by atoms with Gasteiger partial charge in [-0.1, -0.05) is 75.8 Å². The Balaban J connectivity index is 0. The van der Waals surface area contributed by atoms with Crippen molar-refractivity contribution in [2.24, 2.45) is 0 Å². The van der Waals surface area contributed by atoms with E-state index in [1.165, 1.54) is 43.2 Å². The van der Waals surface area contributed by atoms with Gasteiger partial charge in [-0.25, -0.2) is 0 Å². The molecule has 8 heteroatoms. The van der Waals surface area contributed by atoms with Crippen molar-refractivity contribution in [1.82, 2.24) is 0 Å². The minimum absolute atomic E-state index is 0. The van der Waals surface area contributed by atoms with Crippen LogP contribution in [0.3, 0.4) is 0 Å². The predicted octanol–water partition coefficient (Wildman–Crippen LogP) is 8.45. The molecule has 0 spiro atoms. The first kappa shape index (κ1) is 25.1. The largest absolute Gasteiger partial charge is 1.00 e. The van der Waals surface area contributed by atoms with Crippen LogP contribution in [0.2, 0.25) is 0 Å². The molecule has 0 heterocycles. The number of hydrogen-bond acceptors (Lipinski definition) is 0. The third-order valence-electron chi connectivity index (χ3n) is 2.99. The molecule has 1 saturated carbocycles. The fourth-order valence-electron chi connectivity index (χ4n) is 1.84. The average Bonchev–Trinajstić information content (AvgIpc) is 2.83. The third kappa shape index (κ3) is 24.2. The van der Waals surface area contributed by atoms with Gasteiger partial charge < -0.3 is 0 Å². The fourth-order valence-corrected chi connectivity index (χ4v) is 1.84. The Kier molecular flexibility index (Phi) is 9.61. The van der Waals surface area contributed by atoms with Crippen LogP contribution < -0.4 is 0 Å². The first-order chi connectivity index (χ1) is 9.65. The maximum absolute atomic E-state index is 10.7. The Morgan fingerprint density at radius 1 is 0.739 bits per heavy atom. The van der Waals surface area contributed by atoms with E-state index < -0.39 is 7.81 Å². The number of hydrogen-bond donors (Lipinski definition) is 0. The van der Waals surface area contributed by atoms with E-state index in [1.54, 1.807) is 0 Å². The van der Waals surface area contributed by atoms with Crippen molar-refractivity contribution in [3.8, 4) is 0 Å². The maximum atomic E-state index is 9.87. The normalized spacial score (nSPS) is 16.8. The zero-order valence-electron chi connectivity index (χ0n) is 13.5. The SMILES string of the molecule is C1CCCC1.Cc1ccc(C(C)C)cc1.F[P-](F)(F)(F)(F)F.[Ru+]. The van der Waals surface area contributed by atoms with E-state index in [-0.39, 0.29) is 19.5 Å². The first-order valence-corrected chi connectivity index (χ1v) is 9.31. The van der Waals surface area contributed by atoms with Crippen LogP contribution in [0.25, 0.3) is 0 Å².